The molecule has 2 aromatic carbocycles. The summed E-state index contributed by atoms with van der Waals surface area (Å²) < 4.78 is 6.08. The van der Waals surface area contributed by atoms with E-state index in [1.54, 1.807) is 30.3 Å². The molecule has 0 aliphatic rings. The van der Waals surface area contributed by atoms with E-state index in [9.17, 15) is 9.59 Å². The molecule has 0 heterocycles. The fourth-order valence-corrected chi connectivity index (χ4v) is 2.25. The predicted molar refractivity (Wildman–Crippen MR) is 85.1 cm³/mol. The molecule has 0 atom stereocenters. The standard InChI is InChI=1S/C16H14BrNO3/c1-10(19)15-13(4-3-5-14(15)21-2)16(20)18-12-8-6-11(17)7-9-12/h3-9H,1-2H3,(H,18,20). The molecule has 0 aromatic heterocycles. The topological polar surface area (TPSA) is 55.4 Å². The van der Waals surface area contributed by atoms with Crippen LogP contribution in [0.15, 0.2) is 46.9 Å². The number of ketones is 1. The third-order valence-electron chi connectivity index (χ3n) is 2.94. The first-order valence-electron chi connectivity index (χ1n) is 6.27. The van der Waals surface area contributed by atoms with Crippen LogP contribution < -0.4 is 10.1 Å². The molecule has 0 unspecified atom stereocenters. The van der Waals surface area contributed by atoms with Gasteiger partial charge in [0.2, 0.25) is 0 Å². The van der Waals surface area contributed by atoms with E-state index in [1.807, 2.05) is 12.1 Å². The first-order chi connectivity index (χ1) is 10.0. The Bertz CT molecular complexity index is 680. The molecule has 0 saturated heterocycles. The fraction of sp³-hybridized carbons (Fsp3) is 0.125. The Labute approximate surface area is 131 Å². The van der Waals surface area contributed by atoms with Gasteiger partial charge in [0.15, 0.2) is 5.78 Å². The van der Waals surface area contributed by atoms with Gasteiger partial charge in [0.05, 0.1) is 18.2 Å². The van der Waals surface area contributed by atoms with E-state index < -0.39 is 0 Å². The van der Waals surface area contributed by atoms with Crippen LogP contribution in [0.5, 0.6) is 5.75 Å². The molecule has 21 heavy (non-hydrogen) atoms. The molecule has 0 saturated carbocycles. The summed E-state index contributed by atoms with van der Waals surface area (Å²) in [5, 5.41) is 2.76. The van der Waals surface area contributed by atoms with Crippen LogP contribution in [0.2, 0.25) is 0 Å². The van der Waals surface area contributed by atoms with Gasteiger partial charge in [-0.05, 0) is 43.3 Å². The van der Waals surface area contributed by atoms with E-state index in [0.29, 0.717) is 17.0 Å². The molecular weight excluding hydrogens is 334 g/mol. The number of carbonyl (C=O) groups is 2. The number of anilines is 1. The number of hydrogen-bond acceptors (Lipinski definition) is 3. The van der Waals surface area contributed by atoms with E-state index >= 15 is 0 Å². The molecule has 5 heteroatoms. The molecule has 2 rings (SSSR count). The highest BCUT2D eigenvalue weighted by Crippen LogP contribution is 2.24. The van der Waals surface area contributed by atoms with Crippen molar-refractivity contribution in [1.82, 2.24) is 0 Å². The molecule has 2 aromatic rings. The zero-order valence-electron chi connectivity index (χ0n) is 11.6. The minimum Gasteiger partial charge on any atom is -0.496 e. The Morgan fingerprint density at radius 1 is 1.10 bits per heavy atom. The lowest BCUT2D eigenvalue weighted by Gasteiger charge is -2.12. The first-order valence-corrected chi connectivity index (χ1v) is 7.07. The Balaban J connectivity index is 2.35. The third kappa shape index (κ3) is 3.49. The van der Waals surface area contributed by atoms with Gasteiger partial charge in [-0.1, -0.05) is 22.0 Å². The number of rotatable bonds is 4. The molecule has 1 amide bonds. The number of nitrogens with one attached hydrogen (secondary N) is 1. The monoisotopic (exact) mass is 347 g/mol. The van der Waals surface area contributed by atoms with E-state index in [2.05, 4.69) is 21.2 Å². The quantitative estimate of drug-likeness (QED) is 0.853. The van der Waals surface area contributed by atoms with Crippen molar-refractivity contribution in [1.29, 1.82) is 0 Å². The van der Waals surface area contributed by atoms with Crippen LogP contribution in [0.25, 0.3) is 0 Å². The normalized spacial score (nSPS) is 10.0. The van der Waals surface area contributed by atoms with E-state index in [0.717, 1.165) is 4.47 Å². The molecule has 0 radical (unpaired) electrons. The van der Waals surface area contributed by atoms with Crippen molar-refractivity contribution in [3.05, 3.63) is 58.1 Å². The third-order valence-corrected chi connectivity index (χ3v) is 3.47. The smallest absolute Gasteiger partial charge is 0.256 e. The van der Waals surface area contributed by atoms with Crippen molar-refractivity contribution in [3.8, 4) is 5.75 Å². The Morgan fingerprint density at radius 3 is 2.33 bits per heavy atom. The van der Waals surface area contributed by atoms with Crippen LogP contribution in [-0.4, -0.2) is 18.8 Å². The Hall–Kier alpha value is -2.14. The maximum Gasteiger partial charge on any atom is 0.256 e. The van der Waals surface area contributed by atoms with E-state index in [4.69, 9.17) is 4.74 Å². The van der Waals surface area contributed by atoms with Gasteiger partial charge >= 0.3 is 0 Å². The average molecular weight is 348 g/mol. The van der Waals surface area contributed by atoms with E-state index in [-0.39, 0.29) is 17.3 Å². The summed E-state index contributed by atoms with van der Waals surface area (Å²) >= 11 is 3.33. The second-order valence-corrected chi connectivity index (χ2v) is 5.32. The van der Waals surface area contributed by atoms with Gasteiger partial charge in [-0.3, -0.25) is 9.59 Å². The van der Waals surface area contributed by atoms with Crippen molar-refractivity contribution in [2.45, 2.75) is 6.92 Å². The van der Waals surface area contributed by atoms with Crippen LogP contribution in [0.3, 0.4) is 0 Å². The lowest BCUT2D eigenvalue weighted by Crippen LogP contribution is -2.16. The minimum atomic E-state index is -0.346. The lowest BCUT2D eigenvalue weighted by molar-refractivity contribution is 0.0982. The molecule has 108 valence electrons. The predicted octanol–water partition coefficient (Wildman–Crippen LogP) is 3.91. The number of Topliss-reactive ketones (excluding diaryl/α,β-unsaturated/α-hetero) is 1. The molecular formula is C16H14BrNO3. The van der Waals surface area contributed by atoms with Crippen LogP contribution in [0, 0.1) is 0 Å². The molecule has 4 nitrogen and oxygen atoms in total. The van der Waals surface area contributed by atoms with Crippen LogP contribution >= 0.6 is 15.9 Å². The summed E-state index contributed by atoms with van der Waals surface area (Å²) in [6, 6.07) is 12.1. The summed E-state index contributed by atoms with van der Waals surface area (Å²) in [5.74, 6) is -0.166. The number of benzene rings is 2. The summed E-state index contributed by atoms with van der Waals surface area (Å²) in [6.45, 7) is 1.41. The van der Waals surface area contributed by atoms with Crippen molar-refractivity contribution in [2.75, 3.05) is 12.4 Å². The van der Waals surface area contributed by atoms with Crippen molar-refractivity contribution < 1.29 is 14.3 Å². The maximum absolute atomic E-state index is 12.4. The highest BCUT2D eigenvalue weighted by Gasteiger charge is 2.18. The van der Waals surface area contributed by atoms with Gasteiger partial charge in [0.25, 0.3) is 5.91 Å². The lowest BCUT2D eigenvalue weighted by atomic mass is 10.0. The Kier molecular flexibility index (Phi) is 4.75. The zero-order chi connectivity index (χ0) is 15.4. The highest BCUT2D eigenvalue weighted by molar-refractivity contribution is 9.10. The fourth-order valence-electron chi connectivity index (χ4n) is 1.99. The van der Waals surface area contributed by atoms with Gasteiger partial charge in [-0.25, -0.2) is 0 Å². The summed E-state index contributed by atoms with van der Waals surface area (Å²) in [4.78, 5) is 24.1. The van der Waals surface area contributed by atoms with Crippen molar-refractivity contribution >= 4 is 33.3 Å². The minimum absolute atomic E-state index is 0.214. The second-order valence-electron chi connectivity index (χ2n) is 4.40. The van der Waals surface area contributed by atoms with Crippen molar-refractivity contribution in [2.24, 2.45) is 0 Å². The zero-order valence-corrected chi connectivity index (χ0v) is 13.2. The van der Waals surface area contributed by atoms with Gasteiger partial charge in [-0.2, -0.15) is 0 Å². The summed E-state index contributed by atoms with van der Waals surface area (Å²) in [5.41, 5.74) is 1.24. The van der Waals surface area contributed by atoms with Crippen LogP contribution in [0.4, 0.5) is 5.69 Å². The number of methoxy groups -OCH3 is 1. The highest BCUT2D eigenvalue weighted by atomic mass is 79.9. The van der Waals surface area contributed by atoms with Crippen LogP contribution in [0.1, 0.15) is 27.6 Å². The number of halogens is 1. The molecule has 1 N–H and O–H groups in total. The Morgan fingerprint density at radius 2 is 1.76 bits per heavy atom. The van der Waals surface area contributed by atoms with Gasteiger partial charge < -0.3 is 10.1 Å². The number of amides is 1. The second kappa shape index (κ2) is 6.54. The summed E-state index contributed by atoms with van der Waals surface area (Å²) in [7, 11) is 1.47. The van der Waals surface area contributed by atoms with Gasteiger partial charge in [0, 0.05) is 10.2 Å². The summed E-state index contributed by atoms with van der Waals surface area (Å²) in [6.07, 6.45) is 0. The number of hydrogen-bond donors (Lipinski definition) is 1. The van der Waals surface area contributed by atoms with Gasteiger partial charge in [-0.15, -0.1) is 0 Å². The molecule has 0 aliphatic carbocycles. The average Bonchev–Trinajstić information content (AvgIpc) is 2.48. The molecule has 0 aliphatic heterocycles. The molecule has 0 fully saturated rings. The maximum atomic E-state index is 12.4. The first kappa shape index (κ1) is 15.3. The number of carbonyl (C=O) groups excluding carboxylic acids is 2. The molecule has 0 spiro atoms. The van der Waals surface area contributed by atoms with Gasteiger partial charge in [0.1, 0.15) is 5.75 Å². The van der Waals surface area contributed by atoms with Crippen molar-refractivity contribution in [3.63, 3.8) is 0 Å². The molecule has 0 bridgehead atoms. The van der Waals surface area contributed by atoms with E-state index in [1.165, 1.54) is 14.0 Å². The largest absolute Gasteiger partial charge is 0.496 e. The number of ether oxygens (including phenoxy) is 1. The SMILES string of the molecule is COc1cccc(C(=O)Nc2ccc(Br)cc2)c1C(C)=O. The van der Waals surface area contributed by atoms with Crippen LogP contribution in [-0.2, 0) is 0 Å².